The van der Waals surface area contributed by atoms with E-state index in [1.807, 2.05) is 18.3 Å². The van der Waals surface area contributed by atoms with E-state index in [0.717, 1.165) is 33.9 Å². The average Bonchev–Trinajstić information content (AvgIpc) is 3.77. The Morgan fingerprint density at radius 1 is 0.414 bits per heavy atom. The molecule has 3 heteroatoms. The Bertz CT molecular complexity index is 3040. The molecule has 0 spiro atoms. The Balaban J connectivity index is 0.989. The fourth-order valence-electron chi connectivity index (χ4n) is 9.28. The summed E-state index contributed by atoms with van der Waals surface area (Å²) in [7, 11) is 0. The lowest BCUT2D eigenvalue weighted by atomic mass is 9.74. The summed E-state index contributed by atoms with van der Waals surface area (Å²) < 4.78 is 2.26. The van der Waals surface area contributed by atoms with Crippen molar-refractivity contribution in [1.82, 2.24) is 9.55 Å². The summed E-state index contributed by atoms with van der Waals surface area (Å²) in [6.45, 7) is 2.37. The Hall–Kier alpha value is -7.49. The molecule has 0 fully saturated rings. The number of rotatable bonds is 7. The van der Waals surface area contributed by atoms with Crippen LogP contribution >= 0.6 is 0 Å². The molecule has 0 atom stereocenters. The molecule has 3 nitrogen and oxygen atoms in total. The first-order valence-corrected chi connectivity index (χ1v) is 20.0. The van der Waals surface area contributed by atoms with Crippen molar-refractivity contribution in [2.75, 3.05) is 4.90 Å². The number of aromatic nitrogens is 2. The predicted octanol–water partition coefficient (Wildman–Crippen LogP) is 14.3. The van der Waals surface area contributed by atoms with Gasteiger partial charge in [0.25, 0.3) is 0 Å². The van der Waals surface area contributed by atoms with E-state index >= 15 is 0 Å². The molecule has 2 heterocycles. The van der Waals surface area contributed by atoms with E-state index in [4.69, 9.17) is 4.98 Å². The van der Waals surface area contributed by atoms with Crippen LogP contribution in [0.25, 0.3) is 61.0 Å². The molecule has 274 valence electrons. The zero-order valence-electron chi connectivity index (χ0n) is 32.1. The van der Waals surface area contributed by atoms with Gasteiger partial charge in [0.1, 0.15) is 5.82 Å². The van der Waals surface area contributed by atoms with Gasteiger partial charge in [-0.2, -0.15) is 0 Å². The average molecular weight is 742 g/mol. The van der Waals surface area contributed by atoms with Gasteiger partial charge in [0.15, 0.2) is 0 Å². The van der Waals surface area contributed by atoms with Crippen LogP contribution in [0.2, 0.25) is 0 Å². The van der Waals surface area contributed by atoms with E-state index in [-0.39, 0.29) is 5.41 Å². The summed E-state index contributed by atoms with van der Waals surface area (Å²) in [5.41, 5.74) is 16.7. The Kier molecular flexibility index (Phi) is 7.94. The van der Waals surface area contributed by atoms with Crippen LogP contribution in [0.5, 0.6) is 0 Å². The molecule has 0 N–H and O–H groups in total. The maximum atomic E-state index is 4.70. The van der Waals surface area contributed by atoms with Crippen molar-refractivity contribution in [3.8, 4) is 39.2 Å². The lowest BCUT2D eigenvalue weighted by Gasteiger charge is -2.30. The molecule has 0 saturated carbocycles. The van der Waals surface area contributed by atoms with Gasteiger partial charge in [0.05, 0.1) is 11.0 Å². The molecule has 0 bridgehead atoms. The van der Waals surface area contributed by atoms with Gasteiger partial charge >= 0.3 is 0 Å². The largest absolute Gasteiger partial charge is 0.311 e. The topological polar surface area (TPSA) is 21.1 Å². The third-order valence-electron chi connectivity index (χ3n) is 12.2. The molecule has 0 radical (unpaired) electrons. The summed E-state index contributed by atoms with van der Waals surface area (Å²) in [6, 6.07) is 76.9. The zero-order valence-corrected chi connectivity index (χ0v) is 32.1. The van der Waals surface area contributed by atoms with Crippen molar-refractivity contribution < 1.29 is 0 Å². The molecular formula is C55H39N3. The van der Waals surface area contributed by atoms with Crippen molar-refractivity contribution in [2.24, 2.45) is 0 Å². The third-order valence-corrected chi connectivity index (χ3v) is 12.2. The van der Waals surface area contributed by atoms with Gasteiger partial charge in [-0.05, 0) is 124 Å². The first-order chi connectivity index (χ1) is 28.6. The van der Waals surface area contributed by atoms with Crippen LogP contribution in [0.15, 0.2) is 219 Å². The van der Waals surface area contributed by atoms with E-state index in [0.29, 0.717) is 0 Å². The van der Waals surface area contributed by atoms with Gasteiger partial charge in [0, 0.05) is 39.4 Å². The number of anilines is 3. The first kappa shape index (κ1) is 33.8. The smallest absolute Gasteiger partial charge is 0.137 e. The van der Waals surface area contributed by atoms with Crippen molar-refractivity contribution in [2.45, 2.75) is 12.3 Å². The zero-order chi connectivity index (χ0) is 38.6. The number of hydrogen-bond donors (Lipinski definition) is 0. The Morgan fingerprint density at radius 2 is 0.914 bits per heavy atom. The van der Waals surface area contributed by atoms with Crippen molar-refractivity contribution >= 4 is 38.9 Å². The van der Waals surface area contributed by atoms with E-state index in [1.165, 1.54) is 60.8 Å². The third kappa shape index (κ3) is 5.39. The monoisotopic (exact) mass is 741 g/mol. The van der Waals surface area contributed by atoms with Crippen LogP contribution in [0.1, 0.15) is 23.6 Å². The molecular weight excluding hydrogens is 703 g/mol. The van der Waals surface area contributed by atoms with Crippen LogP contribution in [0, 0.1) is 0 Å². The Labute approximate surface area is 338 Å². The number of benzene rings is 8. The minimum atomic E-state index is -0.249. The number of para-hydroxylation sites is 1. The molecule has 1 aliphatic rings. The predicted molar refractivity (Wildman–Crippen MR) is 242 cm³/mol. The van der Waals surface area contributed by atoms with Crippen LogP contribution in [0.4, 0.5) is 17.1 Å². The van der Waals surface area contributed by atoms with Gasteiger partial charge in [-0.1, -0.05) is 146 Å². The van der Waals surface area contributed by atoms with Gasteiger partial charge in [-0.25, -0.2) is 4.98 Å². The molecule has 0 amide bonds. The quantitative estimate of drug-likeness (QED) is 0.162. The van der Waals surface area contributed by atoms with E-state index in [2.05, 4.69) is 217 Å². The lowest BCUT2D eigenvalue weighted by molar-refractivity contribution is 0.714. The first-order valence-electron chi connectivity index (χ1n) is 20.0. The summed E-state index contributed by atoms with van der Waals surface area (Å²) in [6.07, 6.45) is 1.86. The van der Waals surface area contributed by atoms with E-state index < -0.39 is 0 Å². The van der Waals surface area contributed by atoms with Crippen LogP contribution < -0.4 is 4.90 Å². The molecule has 0 aliphatic heterocycles. The normalized spacial score (nSPS) is 12.7. The van der Waals surface area contributed by atoms with E-state index in [9.17, 15) is 0 Å². The Morgan fingerprint density at radius 3 is 1.55 bits per heavy atom. The molecule has 8 aromatic carbocycles. The second kappa shape index (κ2) is 13.6. The number of pyridine rings is 1. The molecule has 11 rings (SSSR count). The number of nitrogens with zero attached hydrogens (tertiary/aromatic N) is 3. The van der Waals surface area contributed by atoms with E-state index in [1.54, 1.807) is 0 Å². The maximum absolute atomic E-state index is 4.70. The highest BCUT2D eigenvalue weighted by molar-refractivity contribution is 6.10. The maximum Gasteiger partial charge on any atom is 0.137 e. The lowest BCUT2D eigenvalue weighted by Crippen LogP contribution is -2.22. The van der Waals surface area contributed by atoms with Crippen molar-refractivity contribution in [3.63, 3.8) is 0 Å². The molecule has 58 heavy (non-hydrogen) atoms. The fraction of sp³-hybridized carbons (Fsp3) is 0.0364. The fourth-order valence-corrected chi connectivity index (χ4v) is 9.28. The summed E-state index contributed by atoms with van der Waals surface area (Å²) in [5, 5.41) is 2.43. The van der Waals surface area contributed by atoms with Gasteiger partial charge < -0.3 is 4.90 Å². The standard InChI is InChI=1S/C55H39N3/c1-55(50-18-8-5-15-46(50)47-16-6-9-19-51(47)55)42-27-33-45(34-28-42)57(43-29-22-39(23-30-43)38-13-3-2-4-14-38)44-31-24-40(25-32-44)41-26-35-53-49(37-41)48-17-7-10-20-52(48)58(53)54-21-11-12-36-56-54/h2-37H,1H3. The molecule has 0 unspecified atom stereocenters. The SMILES string of the molecule is CC1(c2ccc(N(c3ccc(-c4ccccc4)cc3)c3ccc(-c4ccc5c(c4)c4ccccc4n5-c4ccccn4)cc3)cc2)c2ccccc2-c2ccccc21. The van der Waals surface area contributed by atoms with Gasteiger partial charge in [-0.3, -0.25) is 4.57 Å². The molecule has 1 aliphatic carbocycles. The number of fused-ring (bicyclic) bond motifs is 6. The van der Waals surface area contributed by atoms with Crippen molar-refractivity contribution in [1.29, 1.82) is 0 Å². The van der Waals surface area contributed by atoms with Gasteiger partial charge in [0.2, 0.25) is 0 Å². The van der Waals surface area contributed by atoms with Crippen LogP contribution in [0.3, 0.4) is 0 Å². The minimum absolute atomic E-state index is 0.249. The number of hydrogen-bond acceptors (Lipinski definition) is 2. The summed E-state index contributed by atoms with van der Waals surface area (Å²) in [4.78, 5) is 7.07. The molecule has 10 aromatic rings. The summed E-state index contributed by atoms with van der Waals surface area (Å²) >= 11 is 0. The van der Waals surface area contributed by atoms with Gasteiger partial charge in [-0.15, -0.1) is 0 Å². The second-order valence-corrected chi connectivity index (χ2v) is 15.3. The van der Waals surface area contributed by atoms with Crippen molar-refractivity contribution in [3.05, 3.63) is 235 Å². The molecule has 2 aromatic heterocycles. The highest BCUT2D eigenvalue weighted by atomic mass is 15.1. The highest BCUT2D eigenvalue weighted by Crippen LogP contribution is 2.52. The van der Waals surface area contributed by atoms with Crippen LogP contribution in [-0.2, 0) is 5.41 Å². The second-order valence-electron chi connectivity index (χ2n) is 15.3. The highest BCUT2D eigenvalue weighted by Gasteiger charge is 2.40. The summed E-state index contributed by atoms with van der Waals surface area (Å²) in [5.74, 6) is 0.919. The molecule has 0 saturated heterocycles. The minimum Gasteiger partial charge on any atom is -0.311 e. The van der Waals surface area contributed by atoms with Crippen LogP contribution in [-0.4, -0.2) is 9.55 Å².